The van der Waals surface area contributed by atoms with Gasteiger partial charge in [-0.15, -0.1) is 0 Å². The van der Waals surface area contributed by atoms with E-state index in [2.05, 4.69) is 156 Å². The van der Waals surface area contributed by atoms with Crippen molar-refractivity contribution in [2.45, 2.75) is 32.1 Å². The molecular formula is C49H37N3O. The van der Waals surface area contributed by atoms with E-state index in [1.165, 1.54) is 66.3 Å². The normalized spacial score (nSPS) is 17.5. The van der Waals surface area contributed by atoms with E-state index in [1.807, 2.05) is 0 Å². The van der Waals surface area contributed by atoms with Gasteiger partial charge in [0.05, 0.1) is 22.7 Å². The molecule has 11 rings (SSSR count). The molecule has 0 amide bonds. The van der Waals surface area contributed by atoms with Gasteiger partial charge in [-0.2, -0.15) is 5.26 Å². The summed E-state index contributed by atoms with van der Waals surface area (Å²) in [6.45, 7) is 4.42. The zero-order valence-corrected chi connectivity index (χ0v) is 29.6. The minimum Gasteiger partial charge on any atom is -0.456 e. The van der Waals surface area contributed by atoms with E-state index in [9.17, 15) is 5.26 Å². The molecule has 2 aromatic heterocycles. The molecule has 1 aliphatic heterocycles. The molecule has 4 nitrogen and oxygen atoms in total. The SMILES string of the molecule is CC1CC2=C(c3ccccc3CC2Cc2ccc(C#N)c(-c3cc(-n4c5ccccc5c5ccccc54)ccc3N3CC3)c2)c2oc3ccccc3c21. The van der Waals surface area contributed by atoms with Gasteiger partial charge < -0.3 is 13.9 Å². The number of benzene rings is 6. The fraction of sp³-hybridized carbons (Fsp3) is 0.163. The number of furan rings is 1. The second-order valence-electron chi connectivity index (χ2n) is 15.2. The largest absolute Gasteiger partial charge is 0.456 e. The smallest absolute Gasteiger partial charge is 0.139 e. The molecule has 0 bridgehead atoms. The second-order valence-corrected chi connectivity index (χ2v) is 15.2. The maximum Gasteiger partial charge on any atom is 0.139 e. The lowest BCUT2D eigenvalue weighted by Gasteiger charge is -2.35. The first-order valence-electron chi connectivity index (χ1n) is 18.9. The minimum atomic E-state index is 0.333. The summed E-state index contributed by atoms with van der Waals surface area (Å²) in [4.78, 5) is 2.41. The van der Waals surface area contributed by atoms with Crippen LogP contribution in [-0.2, 0) is 12.8 Å². The van der Waals surface area contributed by atoms with Crippen molar-refractivity contribution in [1.82, 2.24) is 4.57 Å². The Morgan fingerprint density at radius 1 is 0.698 bits per heavy atom. The summed E-state index contributed by atoms with van der Waals surface area (Å²) in [5.74, 6) is 1.76. The van der Waals surface area contributed by atoms with Gasteiger partial charge in [0.25, 0.3) is 0 Å². The minimum absolute atomic E-state index is 0.333. The van der Waals surface area contributed by atoms with Gasteiger partial charge in [-0.3, -0.25) is 0 Å². The Balaban J connectivity index is 1.05. The third-order valence-electron chi connectivity index (χ3n) is 12.0. The van der Waals surface area contributed by atoms with Crippen LogP contribution in [0.1, 0.15) is 52.8 Å². The highest BCUT2D eigenvalue weighted by molar-refractivity contribution is 6.09. The highest BCUT2D eigenvalue weighted by Crippen LogP contribution is 2.52. The van der Waals surface area contributed by atoms with Crippen molar-refractivity contribution in [3.63, 3.8) is 0 Å². The fourth-order valence-electron chi connectivity index (χ4n) is 9.58. The third kappa shape index (κ3) is 4.67. The molecule has 3 aliphatic rings. The van der Waals surface area contributed by atoms with Crippen LogP contribution in [0, 0.1) is 17.2 Å². The first-order valence-corrected chi connectivity index (χ1v) is 18.9. The number of hydrogen-bond donors (Lipinski definition) is 0. The van der Waals surface area contributed by atoms with Gasteiger partial charge >= 0.3 is 0 Å². The zero-order chi connectivity index (χ0) is 35.2. The molecule has 2 atom stereocenters. The fourth-order valence-corrected chi connectivity index (χ4v) is 9.58. The van der Waals surface area contributed by atoms with E-state index in [-0.39, 0.29) is 0 Å². The molecule has 1 fully saturated rings. The van der Waals surface area contributed by atoms with Gasteiger partial charge in [0, 0.05) is 62.9 Å². The molecular weight excluding hydrogens is 647 g/mol. The molecule has 6 aromatic carbocycles. The van der Waals surface area contributed by atoms with Crippen LogP contribution in [-0.4, -0.2) is 17.7 Å². The van der Waals surface area contributed by atoms with Crippen LogP contribution < -0.4 is 4.90 Å². The summed E-state index contributed by atoms with van der Waals surface area (Å²) in [7, 11) is 0. The monoisotopic (exact) mass is 683 g/mol. The van der Waals surface area contributed by atoms with Crippen molar-refractivity contribution in [1.29, 1.82) is 5.26 Å². The van der Waals surface area contributed by atoms with Crippen molar-refractivity contribution in [2.24, 2.45) is 5.92 Å². The summed E-state index contributed by atoms with van der Waals surface area (Å²) in [5.41, 5.74) is 16.6. The molecule has 8 aromatic rings. The van der Waals surface area contributed by atoms with Crippen LogP contribution in [0.15, 0.2) is 143 Å². The number of fused-ring (bicyclic) bond motifs is 9. The van der Waals surface area contributed by atoms with Crippen molar-refractivity contribution >= 4 is 44.0 Å². The Bertz CT molecular complexity index is 2820. The van der Waals surface area contributed by atoms with Crippen LogP contribution in [0.25, 0.3) is 55.2 Å². The molecule has 0 spiro atoms. The maximum absolute atomic E-state index is 10.5. The lowest BCUT2D eigenvalue weighted by Crippen LogP contribution is -2.23. The van der Waals surface area contributed by atoms with Crippen molar-refractivity contribution in [3.05, 3.63) is 173 Å². The number of nitriles is 1. The second kappa shape index (κ2) is 11.6. The molecule has 254 valence electrons. The van der Waals surface area contributed by atoms with Crippen LogP contribution in [0.2, 0.25) is 0 Å². The highest BCUT2D eigenvalue weighted by Gasteiger charge is 2.37. The molecule has 53 heavy (non-hydrogen) atoms. The molecule has 0 saturated carbocycles. The summed E-state index contributed by atoms with van der Waals surface area (Å²) < 4.78 is 9.10. The van der Waals surface area contributed by atoms with Gasteiger partial charge in [0.15, 0.2) is 0 Å². The molecule has 2 aliphatic carbocycles. The number of para-hydroxylation sites is 3. The van der Waals surface area contributed by atoms with Crippen LogP contribution >= 0.6 is 0 Å². The standard InChI is InChI=1S/C49H37N3O/c1-30-24-41-34(27-32-10-2-3-11-36(32)48(41)49-47(30)39-14-6-9-17-46(39)53-49)25-31-18-19-33(29-50)40(26-31)42-28-35(20-21-43(42)51-22-23-51)52-44-15-7-4-12-37(44)38-13-5-8-16-45(38)52/h2-21,26,28,30,34H,22-25,27H2,1H3. The Labute approximate surface area is 308 Å². The Morgan fingerprint density at radius 3 is 2.19 bits per heavy atom. The summed E-state index contributed by atoms with van der Waals surface area (Å²) >= 11 is 0. The number of nitrogens with zero attached hydrogens (tertiary/aromatic N) is 3. The van der Waals surface area contributed by atoms with E-state index >= 15 is 0 Å². The van der Waals surface area contributed by atoms with E-state index in [0.717, 1.165) is 60.5 Å². The first-order chi connectivity index (χ1) is 26.1. The van der Waals surface area contributed by atoms with Gasteiger partial charge in [0.1, 0.15) is 11.3 Å². The highest BCUT2D eigenvalue weighted by atomic mass is 16.3. The Hall–Kier alpha value is -6.31. The molecule has 4 heteroatoms. The quantitative estimate of drug-likeness (QED) is 0.170. The Kier molecular flexibility index (Phi) is 6.64. The van der Waals surface area contributed by atoms with E-state index in [1.54, 1.807) is 0 Å². The van der Waals surface area contributed by atoms with Crippen LogP contribution in [0.3, 0.4) is 0 Å². The Morgan fingerprint density at radius 2 is 1.42 bits per heavy atom. The predicted molar refractivity (Wildman–Crippen MR) is 216 cm³/mol. The van der Waals surface area contributed by atoms with Crippen LogP contribution in [0.5, 0.6) is 0 Å². The summed E-state index contributed by atoms with van der Waals surface area (Å²) in [5, 5.41) is 14.3. The molecule has 0 radical (unpaired) electrons. The zero-order valence-electron chi connectivity index (χ0n) is 29.6. The number of rotatable bonds is 5. The summed E-state index contributed by atoms with van der Waals surface area (Å²) in [6.07, 6.45) is 2.92. The number of allylic oxidation sites excluding steroid dienone is 1. The number of anilines is 1. The van der Waals surface area contributed by atoms with Gasteiger partial charge in [-0.1, -0.05) is 97.4 Å². The average molecular weight is 684 g/mol. The molecule has 0 N–H and O–H groups in total. The number of hydrogen-bond acceptors (Lipinski definition) is 3. The van der Waals surface area contributed by atoms with Crippen molar-refractivity contribution < 1.29 is 4.42 Å². The topological polar surface area (TPSA) is 44.9 Å². The average Bonchev–Trinajstić information content (AvgIpc) is 3.89. The van der Waals surface area contributed by atoms with Gasteiger partial charge in [-0.25, -0.2) is 0 Å². The molecule has 2 unspecified atom stereocenters. The number of aromatic nitrogens is 1. The lowest BCUT2D eigenvalue weighted by atomic mass is 9.68. The molecule has 1 saturated heterocycles. The lowest BCUT2D eigenvalue weighted by molar-refractivity contribution is 0.522. The molecule has 3 heterocycles. The van der Waals surface area contributed by atoms with Gasteiger partial charge in [0.2, 0.25) is 0 Å². The predicted octanol–water partition coefficient (Wildman–Crippen LogP) is 11.6. The van der Waals surface area contributed by atoms with E-state index < -0.39 is 0 Å². The van der Waals surface area contributed by atoms with E-state index in [4.69, 9.17) is 4.42 Å². The third-order valence-corrected chi connectivity index (χ3v) is 12.0. The van der Waals surface area contributed by atoms with Gasteiger partial charge in [-0.05, 0) is 96.3 Å². The van der Waals surface area contributed by atoms with E-state index in [0.29, 0.717) is 17.4 Å². The van der Waals surface area contributed by atoms with Crippen molar-refractivity contribution in [3.8, 4) is 22.9 Å². The first kappa shape index (κ1) is 30.3. The summed E-state index contributed by atoms with van der Waals surface area (Å²) in [6, 6.07) is 50.7. The van der Waals surface area contributed by atoms with Crippen LogP contribution in [0.4, 0.5) is 5.69 Å². The van der Waals surface area contributed by atoms with Crippen molar-refractivity contribution in [2.75, 3.05) is 18.0 Å². The maximum atomic E-state index is 10.5.